The van der Waals surface area contributed by atoms with E-state index in [1.54, 1.807) is 30.3 Å². The van der Waals surface area contributed by atoms with Gasteiger partial charge in [0.1, 0.15) is 17.8 Å². The molecule has 2 bridgehead atoms. The minimum Gasteiger partial charge on any atom is -0.508 e. The van der Waals surface area contributed by atoms with Gasteiger partial charge in [0.15, 0.2) is 0 Å². The van der Waals surface area contributed by atoms with E-state index in [1.165, 1.54) is 35.7 Å². The molecule has 2 atom stereocenters. The number of carbonyl (C=O) groups is 2. The van der Waals surface area contributed by atoms with Crippen LogP contribution in [0, 0.1) is 5.92 Å². The molecule has 2 aromatic carbocycles. The van der Waals surface area contributed by atoms with E-state index in [1.807, 2.05) is 0 Å². The number of nitrogens with one attached hydrogen (secondary N) is 1. The van der Waals surface area contributed by atoms with Crippen molar-refractivity contribution in [1.29, 1.82) is 0 Å². The van der Waals surface area contributed by atoms with E-state index < -0.39 is 34.0 Å². The zero-order valence-electron chi connectivity index (χ0n) is 18.4. The second-order valence-electron chi connectivity index (χ2n) is 8.62. The number of methoxy groups -OCH3 is 1. The van der Waals surface area contributed by atoms with Crippen molar-refractivity contribution < 1.29 is 27.9 Å². The number of esters is 1. The van der Waals surface area contributed by atoms with E-state index in [0.29, 0.717) is 12.8 Å². The Kier molecular flexibility index (Phi) is 6.71. The highest BCUT2D eigenvalue weighted by molar-refractivity contribution is 7.89. The first-order valence-electron chi connectivity index (χ1n) is 11.1. The maximum Gasteiger partial charge on any atom is 0.328 e. The summed E-state index contributed by atoms with van der Waals surface area (Å²) in [5, 5.41) is 12.3. The van der Waals surface area contributed by atoms with E-state index in [9.17, 15) is 23.1 Å². The Hall–Kier alpha value is -2.91. The first-order chi connectivity index (χ1) is 15.8. The van der Waals surface area contributed by atoms with E-state index in [0.717, 1.165) is 18.4 Å². The molecule has 8 nitrogen and oxygen atoms in total. The quantitative estimate of drug-likeness (QED) is 0.598. The number of ether oxygens (including phenoxy) is 1. The molecular formula is C24H28N2O6S. The zero-order valence-corrected chi connectivity index (χ0v) is 19.2. The van der Waals surface area contributed by atoms with Crippen LogP contribution < -0.4 is 5.32 Å². The lowest BCUT2D eigenvalue weighted by Gasteiger charge is -2.49. The van der Waals surface area contributed by atoms with Gasteiger partial charge in [0.25, 0.3) is 0 Å². The third kappa shape index (κ3) is 4.74. The molecule has 5 rings (SSSR count). The molecule has 2 saturated heterocycles. The second-order valence-corrected chi connectivity index (χ2v) is 10.5. The summed E-state index contributed by atoms with van der Waals surface area (Å²) < 4.78 is 33.3. The maximum atomic E-state index is 13.5. The number of sulfonamides is 1. The van der Waals surface area contributed by atoms with Crippen molar-refractivity contribution in [2.24, 2.45) is 5.92 Å². The molecule has 0 aromatic heterocycles. The predicted octanol–water partition coefficient (Wildman–Crippen LogP) is 2.22. The number of rotatable bonds is 7. The van der Waals surface area contributed by atoms with Crippen LogP contribution in [0.5, 0.6) is 5.75 Å². The Morgan fingerprint density at radius 3 is 2.30 bits per heavy atom. The number of carbonyl (C=O) groups excluding carboxylic acids is 2. The molecule has 0 radical (unpaired) electrons. The topological polar surface area (TPSA) is 113 Å². The highest BCUT2D eigenvalue weighted by Crippen LogP contribution is 2.42. The summed E-state index contributed by atoms with van der Waals surface area (Å²) in [6.07, 6.45) is 3.13. The molecule has 0 unspecified atom stereocenters. The summed E-state index contributed by atoms with van der Waals surface area (Å²) in [5.74, 6) is -1.12. The summed E-state index contributed by atoms with van der Waals surface area (Å²) in [4.78, 5) is 26.1. The van der Waals surface area contributed by atoms with Crippen molar-refractivity contribution in [3.8, 4) is 5.75 Å². The Labute approximate surface area is 193 Å². The summed E-state index contributed by atoms with van der Waals surface area (Å²) in [7, 11) is -2.64. The summed E-state index contributed by atoms with van der Waals surface area (Å²) >= 11 is 0. The van der Waals surface area contributed by atoms with Crippen molar-refractivity contribution in [2.75, 3.05) is 7.11 Å². The van der Waals surface area contributed by atoms with Crippen LogP contribution in [0.4, 0.5) is 0 Å². The predicted molar refractivity (Wildman–Crippen MR) is 121 cm³/mol. The lowest BCUT2D eigenvalue weighted by Crippen LogP contribution is -2.63. The Bertz CT molecular complexity index is 1100. The van der Waals surface area contributed by atoms with Crippen LogP contribution in [0.15, 0.2) is 59.5 Å². The molecular weight excluding hydrogens is 444 g/mol. The average molecular weight is 473 g/mol. The van der Waals surface area contributed by atoms with Gasteiger partial charge < -0.3 is 15.2 Å². The first kappa shape index (κ1) is 23.3. The maximum absolute atomic E-state index is 13.5. The van der Waals surface area contributed by atoms with E-state index in [-0.39, 0.29) is 29.0 Å². The zero-order chi connectivity index (χ0) is 23.6. The smallest absolute Gasteiger partial charge is 0.328 e. The van der Waals surface area contributed by atoms with E-state index >= 15 is 0 Å². The molecule has 176 valence electrons. The van der Waals surface area contributed by atoms with Gasteiger partial charge in [-0.2, -0.15) is 4.31 Å². The highest BCUT2D eigenvalue weighted by atomic mass is 32.2. The minimum absolute atomic E-state index is 0.0948. The standard InChI is InChI=1S/C24H28N2O6S/c1-32-24(29)21(15-16-7-13-19(27)14-8-16)25-23(28)22-17-9-11-18(12-10-17)26(22)33(30,31)20-5-3-2-4-6-20/h2-8,13-14,17-18,21-22,27H,9-12,15H2,1H3,(H,25,28)/t17?,18?,21-,22-/m0/s1. The highest BCUT2D eigenvalue weighted by Gasteiger charge is 2.51. The van der Waals surface area contributed by atoms with Crippen LogP contribution in [0.1, 0.15) is 31.2 Å². The van der Waals surface area contributed by atoms with E-state index in [4.69, 9.17) is 4.74 Å². The van der Waals surface area contributed by atoms with Gasteiger partial charge in [-0.05, 0) is 61.4 Å². The number of hydrogen-bond donors (Lipinski definition) is 2. The fourth-order valence-corrected chi connectivity index (χ4v) is 6.87. The van der Waals surface area contributed by atoms with E-state index in [2.05, 4.69) is 5.32 Å². The van der Waals surface area contributed by atoms with Gasteiger partial charge in [-0.1, -0.05) is 30.3 Å². The lowest BCUT2D eigenvalue weighted by atomic mass is 9.76. The number of phenolic OH excluding ortho intramolecular Hbond substituents is 1. The number of nitrogens with zero attached hydrogens (tertiary/aromatic N) is 1. The van der Waals surface area contributed by atoms with Crippen molar-refractivity contribution in [3.05, 3.63) is 60.2 Å². The largest absolute Gasteiger partial charge is 0.508 e. The Morgan fingerprint density at radius 2 is 1.70 bits per heavy atom. The third-order valence-electron chi connectivity index (χ3n) is 6.59. The van der Waals surface area contributed by atoms with Crippen LogP contribution in [-0.2, 0) is 30.8 Å². The summed E-state index contributed by atoms with van der Waals surface area (Å²) in [6, 6.07) is 12.4. The molecule has 2 aliphatic heterocycles. The molecule has 2 heterocycles. The van der Waals surface area contributed by atoms with Gasteiger partial charge in [0.2, 0.25) is 15.9 Å². The normalized spacial score (nSPS) is 23.6. The molecule has 1 saturated carbocycles. The summed E-state index contributed by atoms with van der Waals surface area (Å²) in [6.45, 7) is 0. The van der Waals surface area contributed by atoms with Gasteiger partial charge in [-0.15, -0.1) is 0 Å². The number of fused-ring (bicyclic) bond motifs is 3. The van der Waals surface area contributed by atoms with Gasteiger partial charge in [0, 0.05) is 12.5 Å². The molecule has 1 aliphatic carbocycles. The summed E-state index contributed by atoms with van der Waals surface area (Å²) in [5.41, 5.74) is 0.724. The number of aromatic hydroxyl groups is 1. The van der Waals surface area contributed by atoms with Gasteiger partial charge in [-0.25, -0.2) is 13.2 Å². The Morgan fingerprint density at radius 1 is 1.06 bits per heavy atom. The van der Waals surface area contributed by atoms with Crippen molar-refractivity contribution in [1.82, 2.24) is 9.62 Å². The average Bonchev–Trinajstić information content (AvgIpc) is 2.85. The third-order valence-corrected chi connectivity index (χ3v) is 8.54. The second kappa shape index (κ2) is 9.52. The number of piperidine rings is 2. The molecule has 1 amide bonds. The van der Waals surface area contributed by atoms with Crippen LogP contribution in [0.2, 0.25) is 0 Å². The van der Waals surface area contributed by atoms with Gasteiger partial charge >= 0.3 is 5.97 Å². The van der Waals surface area contributed by atoms with Crippen LogP contribution in [0.3, 0.4) is 0 Å². The number of hydrogen-bond acceptors (Lipinski definition) is 6. The number of benzene rings is 2. The molecule has 2 N–H and O–H groups in total. The minimum atomic E-state index is -3.88. The van der Waals surface area contributed by atoms with Gasteiger partial charge in [0.05, 0.1) is 12.0 Å². The fraction of sp³-hybridized carbons (Fsp3) is 0.417. The van der Waals surface area contributed by atoms with Crippen molar-refractivity contribution >= 4 is 21.9 Å². The molecule has 33 heavy (non-hydrogen) atoms. The van der Waals surface area contributed by atoms with Gasteiger partial charge in [-0.3, -0.25) is 4.79 Å². The lowest BCUT2D eigenvalue weighted by molar-refractivity contribution is -0.146. The monoisotopic (exact) mass is 472 g/mol. The van der Waals surface area contributed by atoms with Crippen LogP contribution in [0.25, 0.3) is 0 Å². The molecule has 0 spiro atoms. The fourth-order valence-electron chi connectivity index (χ4n) is 4.96. The van der Waals surface area contributed by atoms with Crippen molar-refractivity contribution in [2.45, 2.75) is 55.1 Å². The SMILES string of the molecule is COC(=O)[C@H](Cc1ccc(O)cc1)NC(=O)[C@@H]1C2CCC(CC2)N1S(=O)(=O)c1ccccc1. The molecule has 3 fully saturated rings. The first-order valence-corrected chi connectivity index (χ1v) is 12.5. The number of phenols is 1. The number of amides is 1. The van der Waals surface area contributed by atoms with Crippen molar-refractivity contribution in [3.63, 3.8) is 0 Å². The molecule has 2 aromatic rings. The molecule has 9 heteroatoms. The van der Waals surface area contributed by atoms with Crippen LogP contribution in [-0.4, -0.2) is 54.9 Å². The van der Waals surface area contributed by atoms with Crippen LogP contribution >= 0.6 is 0 Å². The Balaban J connectivity index is 1.61. The molecule has 3 aliphatic rings.